The molecule has 0 atom stereocenters. The quantitative estimate of drug-likeness (QED) is 0.778. The van der Waals surface area contributed by atoms with Crippen molar-refractivity contribution >= 4 is 11.6 Å². The van der Waals surface area contributed by atoms with Crippen molar-refractivity contribution in [2.24, 2.45) is 0 Å². The zero-order valence-electron chi connectivity index (χ0n) is 9.07. The van der Waals surface area contributed by atoms with Gasteiger partial charge in [0.15, 0.2) is 0 Å². The van der Waals surface area contributed by atoms with Crippen LogP contribution in [0.5, 0.6) is 0 Å². The van der Waals surface area contributed by atoms with Gasteiger partial charge < -0.3 is 4.42 Å². The van der Waals surface area contributed by atoms with Crippen molar-refractivity contribution in [3.63, 3.8) is 0 Å². The Morgan fingerprint density at radius 3 is 2.71 bits per heavy atom. The molecular weight excluding hydrogens is 238 g/mol. The molecule has 0 unspecified atom stereocenters. The largest absolute Gasteiger partial charge is 0.442 e. The average Bonchev–Trinajstić information content (AvgIpc) is 2.78. The molecule has 1 aliphatic carbocycles. The third-order valence-corrected chi connectivity index (χ3v) is 3.19. The molecule has 0 amide bonds. The Labute approximate surface area is 103 Å². The summed E-state index contributed by atoms with van der Waals surface area (Å²) in [7, 11) is 0. The molecular formula is C13H10ClNO2. The van der Waals surface area contributed by atoms with Crippen molar-refractivity contribution in [2.75, 3.05) is 0 Å². The molecule has 1 aliphatic rings. The van der Waals surface area contributed by atoms with Gasteiger partial charge in [-0.05, 0) is 37.1 Å². The van der Waals surface area contributed by atoms with Crippen molar-refractivity contribution in [1.82, 2.24) is 4.98 Å². The lowest BCUT2D eigenvalue weighted by atomic mass is 10.2. The first kappa shape index (κ1) is 10.5. The molecule has 0 saturated heterocycles. The minimum Gasteiger partial charge on any atom is -0.442 e. The number of nitrogens with zero attached hydrogens (tertiary/aromatic N) is 1. The molecule has 2 aromatic rings. The summed E-state index contributed by atoms with van der Waals surface area (Å²) in [6.45, 7) is 0. The Morgan fingerprint density at radius 2 is 1.94 bits per heavy atom. The first-order valence-electron chi connectivity index (χ1n) is 5.53. The fraction of sp³-hybridized carbons (Fsp3) is 0.231. The number of fused-ring (bicyclic) bond motifs is 1. The van der Waals surface area contributed by atoms with E-state index in [0.29, 0.717) is 10.9 Å². The second kappa shape index (κ2) is 4.00. The number of aryl methyl sites for hydroxylation is 1. The summed E-state index contributed by atoms with van der Waals surface area (Å²) < 4.78 is 5.67. The van der Waals surface area contributed by atoms with E-state index in [4.69, 9.17) is 16.0 Å². The summed E-state index contributed by atoms with van der Waals surface area (Å²) >= 11 is 5.81. The SMILES string of the molecule is O=c1nc(-c2ccc(Cl)cc2)oc2c1CCC2. The van der Waals surface area contributed by atoms with E-state index < -0.39 is 0 Å². The summed E-state index contributed by atoms with van der Waals surface area (Å²) in [5.74, 6) is 1.17. The predicted molar refractivity (Wildman–Crippen MR) is 65.2 cm³/mol. The number of benzene rings is 1. The van der Waals surface area contributed by atoms with Gasteiger partial charge in [-0.1, -0.05) is 11.6 Å². The number of hydrogen-bond acceptors (Lipinski definition) is 3. The van der Waals surface area contributed by atoms with Gasteiger partial charge in [0.1, 0.15) is 5.76 Å². The number of aromatic nitrogens is 1. The van der Waals surface area contributed by atoms with E-state index in [1.807, 2.05) is 0 Å². The molecule has 1 heterocycles. The molecule has 0 saturated carbocycles. The highest BCUT2D eigenvalue weighted by Crippen LogP contribution is 2.24. The lowest BCUT2D eigenvalue weighted by molar-refractivity contribution is 0.494. The fourth-order valence-corrected chi connectivity index (χ4v) is 2.20. The van der Waals surface area contributed by atoms with Gasteiger partial charge in [0.2, 0.25) is 5.89 Å². The van der Waals surface area contributed by atoms with Crippen LogP contribution >= 0.6 is 11.6 Å². The Kier molecular flexibility index (Phi) is 2.48. The van der Waals surface area contributed by atoms with Crippen LogP contribution in [-0.4, -0.2) is 4.98 Å². The fourth-order valence-electron chi connectivity index (χ4n) is 2.07. The van der Waals surface area contributed by atoms with Crippen LogP contribution in [0.15, 0.2) is 33.5 Å². The molecule has 3 rings (SSSR count). The summed E-state index contributed by atoms with van der Waals surface area (Å²) in [5.41, 5.74) is 1.36. The minimum absolute atomic E-state index is 0.159. The third kappa shape index (κ3) is 1.87. The topological polar surface area (TPSA) is 43.1 Å². The summed E-state index contributed by atoms with van der Waals surface area (Å²) in [5, 5.41) is 0.650. The third-order valence-electron chi connectivity index (χ3n) is 2.94. The van der Waals surface area contributed by atoms with Gasteiger partial charge >= 0.3 is 0 Å². The molecule has 0 fully saturated rings. The maximum atomic E-state index is 11.8. The molecule has 1 aromatic carbocycles. The number of hydrogen-bond donors (Lipinski definition) is 0. The number of rotatable bonds is 1. The highest BCUT2D eigenvalue weighted by molar-refractivity contribution is 6.30. The molecule has 0 N–H and O–H groups in total. The molecule has 0 bridgehead atoms. The van der Waals surface area contributed by atoms with Crippen molar-refractivity contribution in [3.8, 4) is 11.5 Å². The van der Waals surface area contributed by atoms with Crippen molar-refractivity contribution in [1.29, 1.82) is 0 Å². The van der Waals surface area contributed by atoms with Gasteiger partial charge in [0.05, 0.1) is 5.56 Å². The molecule has 86 valence electrons. The normalized spacial score (nSPS) is 13.7. The summed E-state index contributed by atoms with van der Waals surface area (Å²) in [6, 6.07) is 7.11. The van der Waals surface area contributed by atoms with Crippen LogP contribution < -0.4 is 5.56 Å². The zero-order chi connectivity index (χ0) is 11.8. The van der Waals surface area contributed by atoms with Crippen LogP contribution in [0.1, 0.15) is 17.7 Å². The first-order chi connectivity index (χ1) is 8.24. The molecule has 3 nitrogen and oxygen atoms in total. The average molecular weight is 248 g/mol. The van der Waals surface area contributed by atoms with E-state index in [1.165, 1.54) is 0 Å². The van der Waals surface area contributed by atoms with Crippen LogP contribution in [0.2, 0.25) is 5.02 Å². The van der Waals surface area contributed by atoms with Gasteiger partial charge in [-0.2, -0.15) is 4.98 Å². The van der Waals surface area contributed by atoms with Gasteiger partial charge in [-0.15, -0.1) is 0 Å². The van der Waals surface area contributed by atoms with E-state index in [9.17, 15) is 4.79 Å². The van der Waals surface area contributed by atoms with E-state index in [0.717, 1.165) is 36.1 Å². The van der Waals surface area contributed by atoms with Crippen molar-refractivity contribution < 1.29 is 4.42 Å². The van der Waals surface area contributed by atoms with Gasteiger partial charge in [0.25, 0.3) is 5.56 Å². The smallest absolute Gasteiger partial charge is 0.279 e. The van der Waals surface area contributed by atoms with Crippen LogP contribution in [-0.2, 0) is 12.8 Å². The zero-order valence-corrected chi connectivity index (χ0v) is 9.83. The van der Waals surface area contributed by atoms with E-state index >= 15 is 0 Å². The van der Waals surface area contributed by atoms with Crippen LogP contribution in [0.3, 0.4) is 0 Å². The van der Waals surface area contributed by atoms with E-state index in [-0.39, 0.29) is 5.56 Å². The summed E-state index contributed by atoms with van der Waals surface area (Å²) in [6.07, 6.45) is 2.58. The van der Waals surface area contributed by atoms with E-state index in [1.54, 1.807) is 24.3 Å². The Hall–Kier alpha value is -1.61. The number of halogens is 1. The maximum Gasteiger partial charge on any atom is 0.279 e. The van der Waals surface area contributed by atoms with Crippen LogP contribution in [0, 0.1) is 0 Å². The first-order valence-corrected chi connectivity index (χ1v) is 5.91. The van der Waals surface area contributed by atoms with Gasteiger partial charge in [0, 0.05) is 17.0 Å². The summed E-state index contributed by atoms with van der Waals surface area (Å²) in [4.78, 5) is 15.8. The molecule has 0 spiro atoms. The standard InChI is InChI=1S/C13H10ClNO2/c14-9-6-4-8(5-7-9)13-15-12(16)10-2-1-3-11(10)17-13/h4-7H,1-3H2. The second-order valence-electron chi connectivity index (χ2n) is 4.09. The lowest BCUT2D eigenvalue weighted by Gasteiger charge is -2.02. The molecule has 1 aromatic heterocycles. The van der Waals surface area contributed by atoms with Gasteiger partial charge in [-0.3, -0.25) is 4.79 Å². The van der Waals surface area contributed by atoms with Crippen molar-refractivity contribution in [2.45, 2.75) is 19.3 Å². The highest BCUT2D eigenvalue weighted by atomic mass is 35.5. The Morgan fingerprint density at radius 1 is 1.18 bits per heavy atom. The van der Waals surface area contributed by atoms with E-state index in [2.05, 4.69) is 4.98 Å². The minimum atomic E-state index is -0.159. The van der Waals surface area contributed by atoms with Gasteiger partial charge in [-0.25, -0.2) is 0 Å². The molecule has 0 radical (unpaired) electrons. The molecule has 0 aliphatic heterocycles. The van der Waals surface area contributed by atoms with Crippen molar-refractivity contribution in [3.05, 3.63) is 51.0 Å². The Balaban J connectivity index is 2.13. The second-order valence-corrected chi connectivity index (χ2v) is 4.52. The predicted octanol–water partition coefficient (Wildman–Crippen LogP) is 2.84. The van der Waals surface area contributed by atoms with Crippen LogP contribution in [0.4, 0.5) is 0 Å². The Bertz CT molecular complexity index is 616. The van der Waals surface area contributed by atoms with Crippen LogP contribution in [0.25, 0.3) is 11.5 Å². The maximum absolute atomic E-state index is 11.8. The highest BCUT2D eigenvalue weighted by Gasteiger charge is 2.19. The molecule has 4 heteroatoms. The molecule has 17 heavy (non-hydrogen) atoms. The monoisotopic (exact) mass is 247 g/mol. The lowest BCUT2D eigenvalue weighted by Crippen LogP contribution is -2.12.